The van der Waals surface area contributed by atoms with E-state index in [1.54, 1.807) is 31.5 Å². The summed E-state index contributed by atoms with van der Waals surface area (Å²) in [6.07, 6.45) is 3.44. The van der Waals surface area contributed by atoms with Crippen molar-refractivity contribution in [1.82, 2.24) is 19.7 Å². The van der Waals surface area contributed by atoms with E-state index >= 15 is 0 Å². The highest BCUT2D eigenvalue weighted by atomic mass is 32.2. The number of phenolic OH excluding ortho intramolecular Hbond substituents is 1. The van der Waals surface area contributed by atoms with E-state index in [1.807, 2.05) is 47.0 Å². The van der Waals surface area contributed by atoms with Gasteiger partial charge in [0.2, 0.25) is 0 Å². The molecule has 0 saturated heterocycles. The third-order valence-electron chi connectivity index (χ3n) is 5.16. The van der Waals surface area contributed by atoms with Crippen molar-refractivity contribution in [1.29, 1.82) is 0 Å². The van der Waals surface area contributed by atoms with Gasteiger partial charge in [-0.25, -0.2) is 4.79 Å². The molecule has 0 aliphatic rings. The number of hydrogen-bond acceptors (Lipinski definition) is 7. The summed E-state index contributed by atoms with van der Waals surface area (Å²) in [4.78, 5) is 16.2. The maximum Gasteiger partial charge on any atom is 0.336 e. The van der Waals surface area contributed by atoms with E-state index in [-0.39, 0.29) is 5.75 Å². The minimum atomic E-state index is -0.455. The van der Waals surface area contributed by atoms with Crippen LogP contribution in [0.25, 0.3) is 28.0 Å². The number of rotatable bonds is 5. The number of phenols is 1. The molecule has 32 heavy (non-hydrogen) atoms. The average Bonchev–Trinajstić information content (AvgIpc) is 3.25. The number of aromatic hydroxyl groups is 1. The number of fused-ring (bicyclic) bond motifs is 1. The molecule has 7 nitrogen and oxygen atoms in total. The van der Waals surface area contributed by atoms with Gasteiger partial charge in [0.15, 0.2) is 11.0 Å². The fourth-order valence-electron chi connectivity index (χ4n) is 3.54. The zero-order valence-electron chi connectivity index (χ0n) is 17.1. The van der Waals surface area contributed by atoms with Crippen LogP contribution in [0.3, 0.4) is 0 Å². The number of pyridine rings is 1. The Kier molecular flexibility index (Phi) is 5.20. The minimum absolute atomic E-state index is 0.0938. The van der Waals surface area contributed by atoms with Crippen molar-refractivity contribution in [3.05, 3.63) is 94.6 Å². The Morgan fingerprint density at radius 2 is 1.81 bits per heavy atom. The molecule has 0 atom stereocenters. The molecule has 0 radical (unpaired) electrons. The van der Waals surface area contributed by atoms with Crippen molar-refractivity contribution < 1.29 is 9.52 Å². The number of hydrogen-bond donors (Lipinski definition) is 1. The highest BCUT2D eigenvalue weighted by Crippen LogP contribution is 2.33. The van der Waals surface area contributed by atoms with Crippen LogP contribution < -0.4 is 5.63 Å². The van der Waals surface area contributed by atoms with Gasteiger partial charge in [-0.1, -0.05) is 30.0 Å². The second kappa shape index (κ2) is 8.32. The zero-order chi connectivity index (χ0) is 22.1. The predicted molar refractivity (Wildman–Crippen MR) is 123 cm³/mol. The third kappa shape index (κ3) is 3.65. The minimum Gasteiger partial charge on any atom is -0.508 e. The monoisotopic (exact) mass is 442 g/mol. The molecule has 5 aromatic rings. The summed E-state index contributed by atoms with van der Waals surface area (Å²) < 4.78 is 7.35. The van der Waals surface area contributed by atoms with Gasteiger partial charge >= 0.3 is 5.63 Å². The second-order valence-electron chi connectivity index (χ2n) is 7.18. The normalized spacial score (nSPS) is 11.2. The Morgan fingerprint density at radius 3 is 2.59 bits per heavy atom. The number of aromatic nitrogens is 4. The van der Waals surface area contributed by atoms with E-state index in [0.29, 0.717) is 27.9 Å². The molecule has 2 aromatic carbocycles. The first-order valence-corrected chi connectivity index (χ1v) is 10.9. The van der Waals surface area contributed by atoms with Gasteiger partial charge in [0.05, 0.1) is 0 Å². The third-order valence-corrected chi connectivity index (χ3v) is 6.14. The van der Waals surface area contributed by atoms with E-state index in [2.05, 4.69) is 15.2 Å². The Bertz CT molecular complexity index is 1460. The molecule has 158 valence electrons. The topological polar surface area (TPSA) is 94.0 Å². The van der Waals surface area contributed by atoms with E-state index in [0.717, 1.165) is 22.2 Å². The maximum absolute atomic E-state index is 12.2. The lowest BCUT2D eigenvalue weighted by Gasteiger charge is -2.11. The SMILES string of the molecule is Cc1c(O)ccc2c(CSc3nnc(-c4ccncc4)n3-c3ccccc3)cc(=O)oc12. The number of nitrogens with zero attached hydrogens (tertiary/aromatic N) is 4. The van der Waals surface area contributed by atoms with Crippen molar-refractivity contribution in [3.63, 3.8) is 0 Å². The smallest absolute Gasteiger partial charge is 0.336 e. The summed E-state index contributed by atoms with van der Waals surface area (Å²) in [6, 6.07) is 18.5. The van der Waals surface area contributed by atoms with Crippen molar-refractivity contribution in [2.45, 2.75) is 17.8 Å². The van der Waals surface area contributed by atoms with Crippen LogP contribution in [0.5, 0.6) is 5.75 Å². The molecule has 0 unspecified atom stereocenters. The Morgan fingerprint density at radius 1 is 1.03 bits per heavy atom. The molecule has 0 spiro atoms. The van der Waals surface area contributed by atoms with Crippen LogP contribution in [0.2, 0.25) is 0 Å². The van der Waals surface area contributed by atoms with E-state index in [9.17, 15) is 9.90 Å². The summed E-state index contributed by atoms with van der Waals surface area (Å²) in [5.74, 6) is 1.28. The van der Waals surface area contributed by atoms with Gasteiger partial charge in [-0.15, -0.1) is 10.2 Å². The first-order valence-electron chi connectivity index (χ1n) is 9.91. The molecule has 0 amide bonds. The number of thioether (sulfide) groups is 1. The van der Waals surface area contributed by atoms with Crippen LogP contribution in [0, 0.1) is 6.92 Å². The van der Waals surface area contributed by atoms with Crippen molar-refractivity contribution in [2.75, 3.05) is 0 Å². The molecule has 1 N–H and O–H groups in total. The highest BCUT2D eigenvalue weighted by molar-refractivity contribution is 7.98. The molecule has 0 fully saturated rings. The molecule has 0 saturated carbocycles. The standard InChI is InChI=1S/C24H18N4O3S/c1-15-20(29)8-7-19-17(13-21(30)31-22(15)19)14-32-24-27-26-23(16-9-11-25-12-10-16)28(24)18-5-3-2-4-6-18/h2-13,29H,14H2,1H3. The lowest BCUT2D eigenvalue weighted by Crippen LogP contribution is -2.02. The van der Waals surface area contributed by atoms with Gasteiger partial charge in [0, 0.05) is 46.4 Å². The van der Waals surface area contributed by atoms with Crippen molar-refractivity contribution >= 4 is 22.7 Å². The second-order valence-corrected chi connectivity index (χ2v) is 8.12. The predicted octanol–water partition coefficient (Wildman–Crippen LogP) is 4.74. The van der Waals surface area contributed by atoms with Crippen LogP contribution in [-0.2, 0) is 5.75 Å². The first-order chi connectivity index (χ1) is 15.6. The quantitative estimate of drug-likeness (QED) is 0.310. The average molecular weight is 443 g/mol. The van der Waals surface area contributed by atoms with Crippen LogP contribution in [0.1, 0.15) is 11.1 Å². The van der Waals surface area contributed by atoms with E-state index in [4.69, 9.17) is 4.42 Å². The number of benzene rings is 2. The summed E-state index contributed by atoms with van der Waals surface area (Å²) in [5.41, 5.74) is 3.13. The number of aryl methyl sites for hydroxylation is 1. The summed E-state index contributed by atoms with van der Waals surface area (Å²) >= 11 is 1.47. The van der Waals surface area contributed by atoms with Gasteiger partial charge in [-0.2, -0.15) is 0 Å². The van der Waals surface area contributed by atoms with Gasteiger partial charge < -0.3 is 9.52 Å². The highest BCUT2D eigenvalue weighted by Gasteiger charge is 2.17. The number of para-hydroxylation sites is 1. The van der Waals surface area contributed by atoms with E-state index < -0.39 is 5.63 Å². The van der Waals surface area contributed by atoms with Gasteiger partial charge in [-0.3, -0.25) is 9.55 Å². The fraction of sp³-hybridized carbons (Fsp3) is 0.0833. The summed E-state index contributed by atoms with van der Waals surface area (Å²) in [7, 11) is 0. The zero-order valence-corrected chi connectivity index (χ0v) is 17.9. The summed E-state index contributed by atoms with van der Waals surface area (Å²) in [5, 5.41) is 20.3. The Balaban J connectivity index is 1.57. The molecule has 5 rings (SSSR count). The van der Waals surface area contributed by atoms with Crippen molar-refractivity contribution in [3.8, 4) is 22.8 Å². The molecule has 0 bridgehead atoms. The molecular formula is C24H18N4O3S. The molecule has 0 aliphatic carbocycles. The van der Waals surface area contributed by atoms with Crippen LogP contribution in [0.15, 0.2) is 87.4 Å². The van der Waals surface area contributed by atoms with Gasteiger partial charge in [0.1, 0.15) is 11.3 Å². The van der Waals surface area contributed by atoms with Crippen molar-refractivity contribution in [2.24, 2.45) is 0 Å². The summed E-state index contributed by atoms with van der Waals surface area (Å²) in [6.45, 7) is 1.73. The molecule has 3 heterocycles. The van der Waals surface area contributed by atoms with Crippen LogP contribution >= 0.6 is 11.8 Å². The van der Waals surface area contributed by atoms with Crippen LogP contribution in [-0.4, -0.2) is 24.9 Å². The molecular weight excluding hydrogens is 424 g/mol. The fourth-order valence-corrected chi connectivity index (χ4v) is 4.48. The lowest BCUT2D eigenvalue weighted by molar-refractivity contribution is 0.468. The Labute approximate surface area is 187 Å². The molecule has 3 aromatic heterocycles. The first kappa shape index (κ1) is 20.0. The molecule has 0 aliphatic heterocycles. The van der Waals surface area contributed by atoms with Crippen LogP contribution in [0.4, 0.5) is 0 Å². The maximum atomic E-state index is 12.2. The lowest BCUT2D eigenvalue weighted by atomic mass is 10.1. The Hall–Kier alpha value is -3.91. The van der Waals surface area contributed by atoms with Gasteiger partial charge in [-0.05, 0) is 48.9 Å². The largest absolute Gasteiger partial charge is 0.508 e. The molecule has 8 heteroatoms. The van der Waals surface area contributed by atoms with E-state index in [1.165, 1.54) is 17.8 Å². The van der Waals surface area contributed by atoms with Gasteiger partial charge in [0.25, 0.3) is 0 Å².